The van der Waals surface area contributed by atoms with Crippen LogP contribution in [-0.4, -0.2) is 37.7 Å². The van der Waals surface area contributed by atoms with Crippen molar-refractivity contribution >= 4 is 17.7 Å². The molecule has 1 fully saturated rings. The number of aryl methyl sites for hydroxylation is 1. The van der Waals surface area contributed by atoms with E-state index >= 15 is 0 Å². The van der Waals surface area contributed by atoms with Gasteiger partial charge in [-0.25, -0.2) is 0 Å². The zero-order valence-electron chi connectivity index (χ0n) is 15.9. The molecule has 2 aromatic carbocycles. The van der Waals surface area contributed by atoms with Crippen LogP contribution < -0.4 is 14.8 Å². The number of carbonyl (C=O) groups excluding carboxylic acids is 1. The molecule has 1 saturated heterocycles. The molecule has 1 atom stereocenters. The molecule has 0 saturated carbocycles. The number of methoxy groups -OCH3 is 2. The van der Waals surface area contributed by atoms with Crippen LogP contribution in [0.1, 0.15) is 23.1 Å². The minimum absolute atomic E-state index is 0.0930. The number of nitrogens with zero attached hydrogens (tertiary/aromatic N) is 1. The van der Waals surface area contributed by atoms with Gasteiger partial charge in [0.2, 0.25) is 5.91 Å². The number of anilines is 1. The van der Waals surface area contributed by atoms with Crippen LogP contribution in [0, 0.1) is 6.92 Å². The van der Waals surface area contributed by atoms with Gasteiger partial charge in [0.1, 0.15) is 17.7 Å². The van der Waals surface area contributed by atoms with Crippen LogP contribution in [0.3, 0.4) is 0 Å². The normalized spacial score (nSPS) is 17.5. The van der Waals surface area contributed by atoms with Crippen molar-refractivity contribution in [2.24, 2.45) is 0 Å². The number of nitrogens with one attached hydrogen (secondary N) is 1. The summed E-state index contributed by atoms with van der Waals surface area (Å²) in [4.78, 5) is 15.0. The second-order valence-corrected chi connectivity index (χ2v) is 6.97. The Bertz CT molecular complexity index is 920. The molecule has 2 aromatic rings. The lowest BCUT2D eigenvalue weighted by Crippen LogP contribution is -2.42. The average molecular weight is 364 g/mol. The molecular formula is C22H24N2O3. The van der Waals surface area contributed by atoms with Crippen LogP contribution in [0.25, 0.3) is 6.08 Å². The van der Waals surface area contributed by atoms with Gasteiger partial charge in [-0.15, -0.1) is 0 Å². The monoisotopic (exact) mass is 364 g/mol. The molecule has 0 spiro atoms. The highest BCUT2D eigenvalue weighted by Gasteiger charge is 2.36. The maximum Gasteiger partial charge on any atom is 0.229 e. The molecular weight excluding hydrogens is 340 g/mol. The molecule has 0 bridgehead atoms. The Labute approximate surface area is 159 Å². The van der Waals surface area contributed by atoms with Crippen LogP contribution in [0.4, 0.5) is 5.69 Å². The maximum absolute atomic E-state index is 13.0. The lowest BCUT2D eigenvalue weighted by molar-refractivity contribution is -0.130. The van der Waals surface area contributed by atoms with Crippen molar-refractivity contribution in [2.75, 3.05) is 26.1 Å². The van der Waals surface area contributed by atoms with Crippen LogP contribution in [0.5, 0.6) is 11.5 Å². The number of fused-ring (bicyclic) bond motifs is 2. The highest BCUT2D eigenvalue weighted by atomic mass is 16.5. The second-order valence-electron chi connectivity index (χ2n) is 6.97. The van der Waals surface area contributed by atoms with E-state index in [1.165, 1.54) is 11.1 Å². The summed E-state index contributed by atoms with van der Waals surface area (Å²) in [6, 6.07) is 11.7. The second kappa shape index (κ2) is 6.99. The van der Waals surface area contributed by atoms with Gasteiger partial charge in [-0.3, -0.25) is 4.79 Å². The number of ether oxygens (including phenoxy) is 2. The van der Waals surface area contributed by atoms with Gasteiger partial charge in [-0.2, -0.15) is 0 Å². The number of benzene rings is 2. The van der Waals surface area contributed by atoms with Gasteiger partial charge in [0.15, 0.2) is 0 Å². The summed E-state index contributed by atoms with van der Waals surface area (Å²) in [5.74, 6) is 1.64. The third-order valence-electron chi connectivity index (χ3n) is 5.41. The Morgan fingerprint density at radius 1 is 1.15 bits per heavy atom. The molecule has 2 aliphatic rings. The molecule has 4 rings (SSSR count). The fourth-order valence-corrected chi connectivity index (χ4v) is 3.95. The van der Waals surface area contributed by atoms with Gasteiger partial charge < -0.3 is 19.7 Å². The molecule has 1 unspecified atom stereocenters. The van der Waals surface area contributed by atoms with E-state index in [1.54, 1.807) is 14.2 Å². The number of amides is 1. The maximum atomic E-state index is 13.0. The number of likely N-dealkylation sites (tertiary alicyclic amines) is 1. The minimum atomic E-state index is -0.115. The first-order valence-electron chi connectivity index (χ1n) is 9.18. The Morgan fingerprint density at radius 3 is 2.70 bits per heavy atom. The van der Waals surface area contributed by atoms with Crippen LogP contribution in [-0.2, 0) is 11.2 Å². The molecule has 0 aliphatic carbocycles. The van der Waals surface area contributed by atoms with E-state index in [1.807, 2.05) is 35.2 Å². The molecule has 5 heteroatoms. The van der Waals surface area contributed by atoms with Crippen molar-refractivity contribution in [3.05, 3.63) is 58.7 Å². The van der Waals surface area contributed by atoms with Crippen LogP contribution in [0.15, 0.2) is 42.0 Å². The molecule has 2 heterocycles. The highest BCUT2D eigenvalue weighted by Crippen LogP contribution is 2.41. The summed E-state index contributed by atoms with van der Waals surface area (Å²) in [6.07, 6.45) is 3.30. The SMILES string of the molecule is COc1ccccc1CC(=O)N1CCC2=Cc3c(C)ccc(OC)c3NC21. The fourth-order valence-electron chi connectivity index (χ4n) is 3.95. The predicted molar refractivity (Wildman–Crippen MR) is 106 cm³/mol. The van der Waals surface area contributed by atoms with E-state index in [0.29, 0.717) is 13.0 Å². The van der Waals surface area contributed by atoms with Gasteiger partial charge >= 0.3 is 0 Å². The molecule has 2 aliphatic heterocycles. The molecule has 1 N–H and O–H groups in total. The van der Waals surface area contributed by atoms with E-state index < -0.39 is 0 Å². The summed E-state index contributed by atoms with van der Waals surface area (Å²) in [5, 5.41) is 3.55. The first kappa shape index (κ1) is 17.5. The quantitative estimate of drug-likeness (QED) is 0.900. The molecule has 27 heavy (non-hydrogen) atoms. The molecule has 5 nitrogen and oxygen atoms in total. The Morgan fingerprint density at radius 2 is 1.93 bits per heavy atom. The Kier molecular flexibility index (Phi) is 4.52. The van der Waals surface area contributed by atoms with Gasteiger partial charge in [0, 0.05) is 17.7 Å². The molecule has 0 radical (unpaired) electrons. The largest absolute Gasteiger partial charge is 0.496 e. The van der Waals surface area contributed by atoms with E-state index in [2.05, 4.69) is 24.4 Å². The van der Waals surface area contributed by atoms with E-state index in [9.17, 15) is 4.79 Å². The summed E-state index contributed by atoms with van der Waals surface area (Å²) in [5.41, 5.74) is 5.46. The van der Waals surface area contributed by atoms with Gasteiger partial charge in [-0.05, 0) is 42.7 Å². The van der Waals surface area contributed by atoms with Crippen molar-refractivity contribution in [3.8, 4) is 11.5 Å². The molecule has 140 valence electrons. The highest BCUT2D eigenvalue weighted by molar-refractivity contribution is 5.85. The fraction of sp³-hybridized carbons (Fsp3) is 0.318. The van der Waals surface area contributed by atoms with E-state index in [0.717, 1.165) is 34.7 Å². The number of para-hydroxylation sites is 1. The first-order chi connectivity index (χ1) is 13.1. The number of rotatable bonds is 4. The number of hydrogen-bond acceptors (Lipinski definition) is 4. The van der Waals surface area contributed by atoms with Crippen LogP contribution >= 0.6 is 0 Å². The summed E-state index contributed by atoms with van der Waals surface area (Å²) < 4.78 is 10.9. The lowest BCUT2D eigenvalue weighted by atomic mass is 9.97. The molecule has 1 amide bonds. The smallest absolute Gasteiger partial charge is 0.229 e. The van der Waals surface area contributed by atoms with Gasteiger partial charge in [0.25, 0.3) is 0 Å². The summed E-state index contributed by atoms with van der Waals surface area (Å²) in [6.45, 7) is 2.81. The van der Waals surface area contributed by atoms with Crippen LogP contribution in [0.2, 0.25) is 0 Å². The third-order valence-corrected chi connectivity index (χ3v) is 5.41. The van der Waals surface area contributed by atoms with Gasteiger partial charge in [0.05, 0.1) is 26.3 Å². The lowest BCUT2D eigenvalue weighted by Gasteiger charge is -2.32. The van der Waals surface area contributed by atoms with E-state index in [4.69, 9.17) is 9.47 Å². The zero-order chi connectivity index (χ0) is 19.0. The van der Waals surface area contributed by atoms with Crippen molar-refractivity contribution in [3.63, 3.8) is 0 Å². The molecule has 0 aromatic heterocycles. The number of carbonyl (C=O) groups is 1. The van der Waals surface area contributed by atoms with Crippen molar-refractivity contribution in [1.29, 1.82) is 0 Å². The summed E-state index contributed by atoms with van der Waals surface area (Å²) in [7, 11) is 3.30. The van der Waals surface area contributed by atoms with E-state index in [-0.39, 0.29) is 12.1 Å². The first-order valence-corrected chi connectivity index (χ1v) is 9.18. The standard InChI is InChI=1S/C22H24N2O3/c1-14-8-9-19(27-3)21-17(14)12-16-10-11-24(22(16)23-21)20(25)13-15-6-4-5-7-18(15)26-2/h4-9,12,22-23H,10-11,13H2,1-3H3. The average Bonchev–Trinajstić information content (AvgIpc) is 3.11. The minimum Gasteiger partial charge on any atom is -0.496 e. The third kappa shape index (κ3) is 3.03. The summed E-state index contributed by atoms with van der Waals surface area (Å²) >= 11 is 0. The topological polar surface area (TPSA) is 50.8 Å². The van der Waals surface area contributed by atoms with Crippen molar-refractivity contribution in [2.45, 2.75) is 25.9 Å². The Hall–Kier alpha value is -2.95. The van der Waals surface area contributed by atoms with Crippen molar-refractivity contribution in [1.82, 2.24) is 4.90 Å². The zero-order valence-corrected chi connectivity index (χ0v) is 15.9. The Balaban J connectivity index is 1.60. The number of hydrogen-bond donors (Lipinski definition) is 1. The van der Waals surface area contributed by atoms with Crippen molar-refractivity contribution < 1.29 is 14.3 Å². The predicted octanol–water partition coefficient (Wildman–Crippen LogP) is 3.62. The van der Waals surface area contributed by atoms with Gasteiger partial charge in [-0.1, -0.05) is 24.3 Å².